The van der Waals surface area contributed by atoms with Crippen LogP contribution in [0, 0.1) is 0 Å². The number of hydrogen-bond donors (Lipinski definition) is 1. The summed E-state index contributed by atoms with van der Waals surface area (Å²) in [5, 5.41) is 0. The van der Waals surface area contributed by atoms with E-state index in [1.165, 1.54) is 24.3 Å². The number of benzene rings is 2. The van der Waals surface area contributed by atoms with E-state index in [4.69, 9.17) is 10.5 Å². The summed E-state index contributed by atoms with van der Waals surface area (Å²) in [6, 6.07) is 12.6. The van der Waals surface area contributed by atoms with Gasteiger partial charge in [0.2, 0.25) is 0 Å². The molecule has 2 N–H and O–H groups in total. The van der Waals surface area contributed by atoms with Crippen molar-refractivity contribution in [3.8, 4) is 11.5 Å². The lowest BCUT2D eigenvalue weighted by Gasteiger charge is -2.16. The summed E-state index contributed by atoms with van der Waals surface area (Å²) in [6.07, 6.45) is -4.44. The first-order chi connectivity index (χ1) is 8.97. The highest BCUT2D eigenvalue weighted by molar-refractivity contribution is 5.85. The van der Waals surface area contributed by atoms with Crippen molar-refractivity contribution in [3.05, 3.63) is 60.2 Å². The van der Waals surface area contributed by atoms with E-state index < -0.39 is 12.2 Å². The third-order valence-electron chi connectivity index (χ3n) is 2.57. The largest absolute Gasteiger partial charge is 0.457 e. The molecule has 2 aromatic carbocycles. The fourth-order valence-electron chi connectivity index (χ4n) is 1.56. The highest BCUT2D eigenvalue weighted by Gasteiger charge is 2.37. The lowest BCUT2D eigenvalue weighted by Crippen LogP contribution is -2.28. The van der Waals surface area contributed by atoms with Gasteiger partial charge in [0.1, 0.15) is 17.5 Å². The molecular weight excluding hydrogens is 291 g/mol. The lowest BCUT2D eigenvalue weighted by molar-refractivity contribution is -0.149. The van der Waals surface area contributed by atoms with Gasteiger partial charge < -0.3 is 10.5 Å². The van der Waals surface area contributed by atoms with Gasteiger partial charge in [0.25, 0.3) is 0 Å². The number of rotatable bonds is 3. The van der Waals surface area contributed by atoms with Crippen LogP contribution in [-0.4, -0.2) is 6.18 Å². The van der Waals surface area contributed by atoms with Gasteiger partial charge in [0.15, 0.2) is 0 Å². The Hall–Kier alpha value is -1.72. The van der Waals surface area contributed by atoms with E-state index in [1.807, 2.05) is 18.2 Å². The van der Waals surface area contributed by atoms with Crippen LogP contribution in [0.3, 0.4) is 0 Å². The predicted molar refractivity (Wildman–Crippen MR) is 73.2 cm³/mol. The second-order valence-electron chi connectivity index (χ2n) is 4.00. The summed E-state index contributed by atoms with van der Waals surface area (Å²) >= 11 is 0. The van der Waals surface area contributed by atoms with Crippen LogP contribution in [0.4, 0.5) is 13.2 Å². The monoisotopic (exact) mass is 303 g/mol. The van der Waals surface area contributed by atoms with Crippen molar-refractivity contribution in [3.63, 3.8) is 0 Å². The molecule has 0 saturated carbocycles. The van der Waals surface area contributed by atoms with E-state index in [0.717, 1.165) is 0 Å². The Morgan fingerprint density at radius 2 is 1.35 bits per heavy atom. The molecule has 2 rings (SSSR count). The van der Waals surface area contributed by atoms with Gasteiger partial charge in [0.05, 0.1) is 0 Å². The van der Waals surface area contributed by atoms with E-state index in [2.05, 4.69) is 0 Å². The normalized spacial score (nSPS) is 12.4. The molecule has 0 aliphatic heterocycles. The van der Waals surface area contributed by atoms with Gasteiger partial charge in [-0.2, -0.15) is 13.2 Å². The molecule has 108 valence electrons. The number of nitrogens with two attached hydrogens (primary N) is 1. The van der Waals surface area contributed by atoms with Crippen molar-refractivity contribution >= 4 is 12.4 Å². The summed E-state index contributed by atoms with van der Waals surface area (Å²) < 4.78 is 42.8. The highest BCUT2D eigenvalue weighted by Crippen LogP contribution is 2.31. The van der Waals surface area contributed by atoms with Gasteiger partial charge in [0, 0.05) is 0 Å². The van der Waals surface area contributed by atoms with Gasteiger partial charge in [-0.3, -0.25) is 0 Å². The number of hydrogen-bond acceptors (Lipinski definition) is 2. The molecule has 1 atom stereocenters. The van der Waals surface area contributed by atoms with Gasteiger partial charge in [-0.05, 0) is 29.8 Å². The molecule has 0 radical (unpaired) electrons. The molecule has 0 bridgehead atoms. The minimum Gasteiger partial charge on any atom is -0.457 e. The van der Waals surface area contributed by atoms with Gasteiger partial charge in [-0.25, -0.2) is 0 Å². The maximum absolute atomic E-state index is 12.4. The van der Waals surface area contributed by atoms with Crippen LogP contribution in [0.5, 0.6) is 11.5 Å². The average Bonchev–Trinajstić information content (AvgIpc) is 2.39. The van der Waals surface area contributed by atoms with Crippen molar-refractivity contribution in [2.45, 2.75) is 12.2 Å². The Kier molecular flexibility index (Phi) is 5.42. The zero-order chi connectivity index (χ0) is 13.9. The molecule has 0 spiro atoms. The quantitative estimate of drug-likeness (QED) is 0.908. The molecule has 0 amide bonds. The van der Waals surface area contributed by atoms with Crippen molar-refractivity contribution in [2.24, 2.45) is 5.73 Å². The van der Waals surface area contributed by atoms with Crippen LogP contribution in [-0.2, 0) is 0 Å². The fourth-order valence-corrected chi connectivity index (χ4v) is 1.56. The molecule has 0 aliphatic carbocycles. The zero-order valence-electron chi connectivity index (χ0n) is 10.3. The van der Waals surface area contributed by atoms with Crippen LogP contribution in [0.15, 0.2) is 54.6 Å². The van der Waals surface area contributed by atoms with Crippen molar-refractivity contribution in [2.75, 3.05) is 0 Å². The van der Waals surface area contributed by atoms with E-state index in [9.17, 15) is 13.2 Å². The lowest BCUT2D eigenvalue weighted by atomic mass is 10.1. The van der Waals surface area contributed by atoms with Crippen molar-refractivity contribution < 1.29 is 17.9 Å². The molecule has 2 nitrogen and oxygen atoms in total. The third kappa shape index (κ3) is 4.15. The number of para-hydroxylation sites is 1. The summed E-state index contributed by atoms with van der Waals surface area (Å²) in [5.74, 6) is 1.08. The number of halogens is 4. The van der Waals surface area contributed by atoms with E-state index in [-0.39, 0.29) is 18.0 Å². The standard InChI is InChI=1S/C14H12F3NO.ClH/c15-14(16,17)13(18)10-6-8-12(9-7-10)19-11-4-2-1-3-5-11;/h1-9,13H,18H2;1H/t13-;/m0./s1. The topological polar surface area (TPSA) is 35.2 Å². The maximum atomic E-state index is 12.4. The van der Waals surface area contributed by atoms with Crippen molar-refractivity contribution in [1.82, 2.24) is 0 Å². The Balaban J connectivity index is 0.00000200. The van der Waals surface area contributed by atoms with Crippen LogP contribution in [0.25, 0.3) is 0 Å². The Morgan fingerprint density at radius 1 is 0.850 bits per heavy atom. The smallest absolute Gasteiger partial charge is 0.407 e. The second-order valence-corrected chi connectivity index (χ2v) is 4.00. The van der Waals surface area contributed by atoms with Crippen LogP contribution < -0.4 is 10.5 Å². The highest BCUT2D eigenvalue weighted by atomic mass is 35.5. The van der Waals surface area contributed by atoms with Gasteiger partial charge in [-0.1, -0.05) is 30.3 Å². The summed E-state index contributed by atoms with van der Waals surface area (Å²) in [4.78, 5) is 0. The molecule has 0 unspecified atom stereocenters. The van der Waals surface area contributed by atoms with E-state index in [0.29, 0.717) is 11.5 Å². The molecule has 2 aromatic rings. The van der Waals surface area contributed by atoms with Gasteiger partial charge >= 0.3 is 6.18 Å². The minimum absolute atomic E-state index is 0. The van der Waals surface area contributed by atoms with Crippen molar-refractivity contribution in [1.29, 1.82) is 0 Å². The second kappa shape index (κ2) is 6.63. The molecule has 0 aromatic heterocycles. The molecule has 6 heteroatoms. The van der Waals surface area contributed by atoms with Gasteiger partial charge in [-0.15, -0.1) is 12.4 Å². The molecule has 0 heterocycles. The maximum Gasteiger partial charge on any atom is 0.407 e. The Bertz CT molecular complexity index is 528. The molecule has 20 heavy (non-hydrogen) atoms. The summed E-state index contributed by atoms with van der Waals surface area (Å²) in [6.45, 7) is 0. The summed E-state index contributed by atoms with van der Waals surface area (Å²) in [5.41, 5.74) is 5.12. The SMILES string of the molecule is Cl.N[C@@H](c1ccc(Oc2ccccc2)cc1)C(F)(F)F. The van der Waals surface area contributed by atoms with Crippen LogP contribution in [0.1, 0.15) is 11.6 Å². The fraction of sp³-hybridized carbons (Fsp3) is 0.143. The van der Waals surface area contributed by atoms with E-state index in [1.54, 1.807) is 12.1 Å². The van der Waals surface area contributed by atoms with E-state index >= 15 is 0 Å². The first-order valence-corrected chi connectivity index (χ1v) is 5.62. The first-order valence-electron chi connectivity index (χ1n) is 5.62. The predicted octanol–water partition coefficient (Wildman–Crippen LogP) is 4.46. The molecule has 0 fully saturated rings. The summed E-state index contributed by atoms with van der Waals surface area (Å²) in [7, 11) is 0. The van der Waals surface area contributed by atoms with Crippen LogP contribution >= 0.6 is 12.4 Å². The van der Waals surface area contributed by atoms with Crippen LogP contribution in [0.2, 0.25) is 0 Å². The Morgan fingerprint density at radius 3 is 1.85 bits per heavy atom. The number of alkyl halides is 3. The zero-order valence-corrected chi connectivity index (χ0v) is 11.1. The molecule has 0 saturated heterocycles. The third-order valence-corrected chi connectivity index (χ3v) is 2.57. The minimum atomic E-state index is -4.44. The Labute approximate surface area is 120 Å². The first kappa shape index (κ1) is 16.3. The molecule has 0 aliphatic rings. The molecular formula is C14H13ClF3NO. The average molecular weight is 304 g/mol. The number of ether oxygens (including phenoxy) is 1.